The molecule has 0 N–H and O–H groups in total. The van der Waals surface area contributed by atoms with Crippen LogP contribution in [0.1, 0.15) is 18.9 Å². The summed E-state index contributed by atoms with van der Waals surface area (Å²) < 4.78 is 16.5. The minimum atomic E-state index is 0.809. The van der Waals surface area contributed by atoms with Crippen LogP contribution >= 0.6 is 11.8 Å². The Hall–Kier alpha value is -1.39. The van der Waals surface area contributed by atoms with E-state index in [0.29, 0.717) is 0 Å². The summed E-state index contributed by atoms with van der Waals surface area (Å²) in [5.41, 5.74) is 1.27. The van der Waals surface area contributed by atoms with E-state index < -0.39 is 0 Å². The quantitative estimate of drug-likeness (QED) is 0.635. The van der Waals surface area contributed by atoms with Crippen molar-refractivity contribution in [1.82, 2.24) is 0 Å². The maximum Gasteiger partial charge on any atom is 0.127 e. The zero-order valence-corrected chi connectivity index (χ0v) is 14.4. The second kappa shape index (κ2) is 8.91. The number of hydrogen-bond acceptors (Lipinski definition) is 4. The van der Waals surface area contributed by atoms with Crippen molar-refractivity contribution in [2.24, 2.45) is 0 Å². The summed E-state index contributed by atoms with van der Waals surface area (Å²) in [6.45, 7) is 3.78. The highest BCUT2D eigenvalue weighted by Crippen LogP contribution is 2.36. The van der Waals surface area contributed by atoms with Gasteiger partial charge in [-0.1, -0.05) is 25.1 Å². The van der Waals surface area contributed by atoms with Crippen molar-refractivity contribution in [1.29, 1.82) is 0 Å². The van der Waals surface area contributed by atoms with Crippen molar-refractivity contribution in [2.45, 2.75) is 19.1 Å². The Kier molecular flexibility index (Phi) is 6.87. The van der Waals surface area contributed by atoms with Gasteiger partial charge < -0.3 is 14.2 Å². The van der Waals surface area contributed by atoms with Gasteiger partial charge in [-0.3, -0.25) is 0 Å². The SMILES string of the molecule is CCCOCCSCc1ccc(OC)c2cccc(OC)c12. The van der Waals surface area contributed by atoms with Gasteiger partial charge in [0.15, 0.2) is 0 Å². The van der Waals surface area contributed by atoms with E-state index in [0.717, 1.165) is 53.4 Å². The molecular weight excluding hydrogens is 296 g/mol. The second-order valence-corrected chi connectivity index (χ2v) is 6.08. The molecule has 4 heteroatoms. The number of thioether (sulfide) groups is 1. The van der Waals surface area contributed by atoms with Crippen molar-refractivity contribution in [3.8, 4) is 11.5 Å². The van der Waals surface area contributed by atoms with Crippen LogP contribution in [0.2, 0.25) is 0 Å². The third-order valence-corrected chi connectivity index (χ3v) is 4.44. The van der Waals surface area contributed by atoms with E-state index in [2.05, 4.69) is 19.1 Å². The first kappa shape index (κ1) is 17.0. The number of ether oxygens (including phenoxy) is 3. The molecule has 22 heavy (non-hydrogen) atoms. The molecule has 0 aromatic heterocycles. The fourth-order valence-electron chi connectivity index (χ4n) is 2.43. The first-order chi connectivity index (χ1) is 10.8. The highest BCUT2D eigenvalue weighted by atomic mass is 32.2. The molecule has 2 aromatic rings. The average Bonchev–Trinajstić information content (AvgIpc) is 2.57. The van der Waals surface area contributed by atoms with Crippen molar-refractivity contribution >= 4 is 22.5 Å². The Labute approximate surface area is 136 Å². The van der Waals surface area contributed by atoms with Gasteiger partial charge in [-0.05, 0) is 24.1 Å². The second-order valence-electron chi connectivity index (χ2n) is 4.97. The van der Waals surface area contributed by atoms with Gasteiger partial charge in [0.05, 0.1) is 20.8 Å². The maximum atomic E-state index is 5.54. The van der Waals surface area contributed by atoms with E-state index in [1.807, 2.05) is 30.0 Å². The van der Waals surface area contributed by atoms with Crippen molar-refractivity contribution in [3.63, 3.8) is 0 Å². The molecule has 2 rings (SSSR count). The number of benzene rings is 2. The topological polar surface area (TPSA) is 27.7 Å². The monoisotopic (exact) mass is 320 g/mol. The minimum Gasteiger partial charge on any atom is -0.496 e. The third kappa shape index (κ3) is 4.08. The van der Waals surface area contributed by atoms with Gasteiger partial charge in [0, 0.05) is 28.9 Å². The Morgan fingerprint density at radius 2 is 1.77 bits per heavy atom. The standard InChI is InChI=1S/C18H24O3S/c1-4-10-21-11-12-22-13-14-8-9-16(19-2)15-6-5-7-17(20-3)18(14)15/h5-9H,4,10-13H2,1-3H3. The molecule has 0 radical (unpaired) electrons. The lowest BCUT2D eigenvalue weighted by atomic mass is 10.0. The lowest BCUT2D eigenvalue weighted by Gasteiger charge is -2.13. The molecule has 0 spiro atoms. The van der Waals surface area contributed by atoms with Gasteiger partial charge in [-0.25, -0.2) is 0 Å². The molecule has 3 nitrogen and oxygen atoms in total. The van der Waals surface area contributed by atoms with E-state index in [-0.39, 0.29) is 0 Å². The predicted molar refractivity (Wildman–Crippen MR) is 94.3 cm³/mol. The number of fused-ring (bicyclic) bond motifs is 1. The molecule has 2 aromatic carbocycles. The molecule has 0 aliphatic rings. The molecule has 0 fully saturated rings. The largest absolute Gasteiger partial charge is 0.496 e. The van der Waals surface area contributed by atoms with E-state index >= 15 is 0 Å². The van der Waals surface area contributed by atoms with Gasteiger partial charge in [-0.15, -0.1) is 0 Å². The first-order valence-corrected chi connectivity index (χ1v) is 8.75. The van der Waals surface area contributed by atoms with Gasteiger partial charge >= 0.3 is 0 Å². The van der Waals surface area contributed by atoms with E-state index in [9.17, 15) is 0 Å². The Bertz CT molecular complexity index is 598. The number of rotatable bonds is 9. The number of methoxy groups -OCH3 is 2. The van der Waals surface area contributed by atoms with Crippen LogP contribution in [0.3, 0.4) is 0 Å². The van der Waals surface area contributed by atoms with E-state index in [1.165, 1.54) is 5.56 Å². The summed E-state index contributed by atoms with van der Waals surface area (Å²) in [4.78, 5) is 0. The highest BCUT2D eigenvalue weighted by Gasteiger charge is 2.11. The van der Waals surface area contributed by atoms with Crippen LogP contribution in [0, 0.1) is 0 Å². The number of hydrogen-bond donors (Lipinski definition) is 0. The zero-order chi connectivity index (χ0) is 15.8. The third-order valence-electron chi connectivity index (χ3n) is 3.47. The van der Waals surface area contributed by atoms with Crippen molar-refractivity contribution in [3.05, 3.63) is 35.9 Å². The lowest BCUT2D eigenvalue weighted by molar-refractivity contribution is 0.151. The van der Waals surface area contributed by atoms with E-state index in [4.69, 9.17) is 14.2 Å². The molecule has 120 valence electrons. The summed E-state index contributed by atoms with van der Waals surface area (Å²) in [6.07, 6.45) is 1.07. The fraction of sp³-hybridized carbons (Fsp3) is 0.444. The van der Waals surface area contributed by atoms with Gasteiger partial charge in [0.2, 0.25) is 0 Å². The Balaban J connectivity index is 2.15. The first-order valence-electron chi connectivity index (χ1n) is 7.59. The molecule has 0 aliphatic heterocycles. The van der Waals surface area contributed by atoms with Crippen molar-refractivity contribution < 1.29 is 14.2 Å². The normalized spacial score (nSPS) is 10.9. The fourth-order valence-corrected chi connectivity index (χ4v) is 3.27. The van der Waals surface area contributed by atoms with E-state index in [1.54, 1.807) is 14.2 Å². The van der Waals surface area contributed by atoms with Crippen LogP contribution in [0.5, 0.6) is 11.5 Å². The zero-order valence-electron chi connectivity index (χ0n) is 13.6. The van der Waals surface area contributed by atoms with Crippen LogP contribution in [0.4, 0.5) is 0 Å². The van der Waals surface area contributed by atoms with Crippen LogP contribution in [0.15, 0.2) is 30.3 Å². The molecule has 0 aliphatic carbocycles. The molecular formula is C18H24O3S. The molecule has 0 saturated carbocycles. The highest BCUT2D eigenvalue weighted by molar-refractivity contribution is 7.98. The predicted octanol–water partition coefficient (Wildman–Crippen LogP) is 4.52. The summed E-state index contributed by atoms with van der Waals surface area (Å²) in [7, 11) is 3.41. The Morgan fingerprint density at radius 1 is 0.955 bits per heavy atom. The Morgan fingerprint density at radius 3 is 2.50 bits per heavy atom. The molecule has 0 unspecified atom stereocenters. The van der Waals surface area contributed by atoms with Gasteiger partial charge in [0.1, 0.15) is 11.5 Å². The van der Waals surface area contributed by atoms with Gasteiger partial charge in [-0.2, -0.15) is 11.8 Å². The molecule has 0 amide bonds. The lowest BCUT2D eigenvalue weighted by Crippen LogP contribution is -1.99. The molecule has 0 saturated heterocycles. The molecule has 0 bridgehead atoms. The smallest absolute Gasteiger partial charge is 0.127 e. The summed E-state index contributed by atoms with van der Waals surface area (Å²) in [6, 6.07) is 10.2. The summed E-state index contributed by atoms with van der Waals surface area (Å²) in [5, 5.41) is 2.24. The van der Waals surface area contributed by atoms with Crippen LogP contribution < -0.4 is 9.47 Å². The van der Waals surface area contributed by atoms with Gasteiger partial charge in [0.25, 0.3) is 0 Å². The molecule has 0 atom stereocenters. The maximum absolute atomic E-state index is 5.54. The van der Waals surface area contributed by atoms with Crippen molar-refractivity contribution in [2.75, 3.05) is 33.2 Å². The van der Waals surface area contributed by atoms with Crippen LogP contribution in [0.25, 0.3) is 10.8 Å². The minimum absolute atomic E-state index is 0.809. The van der Waals surface area contributed by atoms with Crippen LogP contribution in [-0.4, -0.2) is 33.2 Å². The summed E-state index contributed by atoms with van der Waals surface area (Å²) >= 11 is 1.88. The van der Waals surface area contributed by atoms with Crippen LogP contribution in [-0.2, 0) is 10.5 Å². The summed E-state index contributed by atoms with van der Waals surface area (Å²) in [5.74, 6) is 3.72. The average molecular weight is 320 g/mol. The molecule has 0 heterocycles.